The molecule has 7 heteroatoms. The second-order valence-corrected chi connectivity index (χ2v) is 7.01. The van der Waals surface area contributed by atoms with E-state index in [1.54, 1.807) is 13.3 Å². The minimum atomic E-state index is 0.546. The third-order valence-electron chi connectivity index (χ3n) is 4.70. The summed E-state index contributed by atoms with van der Waals surface area (Å²) in [5, 5.41) is 11.1. The lowest BCUT2D eigenvalue weighted by molar-refractivity contribution is 0.146. The molecule has 0 atom stereocenters. The number of methoxy groups -OCH3 is 1. The average Bonchev–Trinajstić information content (AvgIpc) is 3.31. The molecule has 0 radical (unpaired) electrons. The number of ether oxygens (including phenoxy) is 2. The van der Waals surface area contributed by atoms with Crippen LogP contribution < -0.4 is 15.4 Å². The summed E-state index contributed by atoms with van der Waals surface area (Å²) in [5.41, 5.74) is 3.58. The monoisotopic (exact) mass is 421 g/mol. The Kier molecular flexibility index (Phi) is 8.94. The van der Waals surface area contributed by atoms with Crippen molar-refractivity contribution in [2.24, 2.45) is 4.99 Å². The number of nitrogens with one attached hydrogen (secondary N) is 2. The molecule has 0 saturated heterocycles. The van der Waals surface area contributed by atoms with Crippen LogP contribution in [0.5, 0.6) is 5.75 Å². The van der Waals surface area contributed by atoms with Gasteiger partial charge in [0.2, 0.25) is 0 Å². The fourth-order valence-electron chi connectivity index (χ4n) is 3.08. The van der Waals surface area contributed by atoms with Gasteiger partial charge in [-0.15, -0.1) is 0 Å². The lowest BCUT2D eigenvalue weighted by Gasteiger charge is -2.14. The van der Waals surface area contributed by atoms with Gasteiger partial charge in [-0.05, 0) is 41.8 Å². The van der Waals surface area contributed by atoms with Gasteiger partial charge in [-0.25, -0.2) is 4.99 Å². The maximum Gasteiger partial charge on any atom is 0.191 e. The van der Waals surface area contributed by atoms with E-state index in [9.17, 15) is 0 Å². The van der Waals surface area contributed by atoms with Crippen molar-refractivity contribution >= 4 is 5.96 Å². The fourth-order valence-corrected chi connectivity index (χ4v) is 3.08. The number of aliphatic imine (C=N–C) groups is 1. The summed E-state index contributed by atoms with van der Waals surface area (Å²) in [6.07, 6.45) is 3.78. The zero-order valence-electron chi connectivity index (χ0n) is 18.3. The molecule has 1 heterocycles. The second kappa shape index (κ2) is 12.4. The van der Waals surface area contributed by atoms with Crippen LogP contribution in [0.25, 0.3) is 0 Å². The van der Waals surface area contributed by atoms with E-state index in [-0.39, 0.29) is 0 Å². The van der Waals surface area contributed by atoms with Crippen molar-refractivity contribution < 1.29 is 9.47 Å². The summed E-state index contributed by atoms with van der Waals surface area (Å²) in [5.74, 6) is 1.63. The summed E-state index contributed by atoms with van der Waals surface area (Å²) < 4.78 is 12.5. The molecule has 0 saturated carbocycles. The number of nitrogens with zero attached hydrogens (tertiary/aromatic N) is 3. The van der Waals surface area contributed by atoms with Crippen molar-refractivity contribution in [3.63, 3.8) is 0 Å². The molecule has 2 N–H and O–H groups in total. The standard InChI is InChI=1S/C24H31N5O2/c1-3-25-24(26-17-20-9-11-23(12-10-20)31-16-15-30-2)27-18-21-7-4-5-8-22(21)19-29-14-6-13-28-29/h4-14H,3,15-19H2,1-2H3,(H2,25,26,27). The van der Waals surface area contributed by atoms with Gasteiger partial charge in [0.15, 0.2) is 5.96 Å². The third-order valence-corrected chi connectivity index (χ3v) is 4.70. The molecule has 0 fully saturated rings. The summed E-state index contributed by atoms with van der Waals surface area (Å²) in [6, 6.07) is 18.3. The Hall–Kier alpha value is -3.32. The van der Waals surface area contributed by atoms with Gasteiger partial charge < -0.3 is 20.1 Å². The van der Waals surface area contributed by atoms with Gasteiger partial charge in [-0.2, -0.15) is 5.10 Å². The van der Waals surface area contributed by atoms with E-state index in [4.69, 9.17) is 14.5 Å². The highest BCUT2D eigenvalue weighted by molar-refractivity contribution is 5.79. The van der Waals surface area contributed by atoms with Gasteiger partial charge >= 0.3 is 0 Å². The summed E-state index contributed by atoms with van der Waals surface area (Å²) >= 11 is 0. The molecule has 3 rings (SSSR count). The van der Waals surface area contributed by atoms with E-state index in [0.717, 1.165) is 30.4 Å². The predicted octanol–water partition coefficient (Wildman–Crippen LogP) is 3.21. The van der Waals surface area contributed by atoms with Crippen molar-refractivity contribution in [3.8, 4) is 5.75 Å². The molecular weight excluding hydrogens is 390 g/mol. The zero-order chi connectivity index (χ0) is 21.7. The summed E-state index contributed by atoms with van der Waals surface area (Å²) in [4.78, 5) is 4.73. The quantitative estimate of drug-likeness (QED) is 0.283. The largest absolute Gasteiger partial charge is 0.491 e. The van der Waals surface area contributed by atoms with Crippen molar-refractivity contribution in [2.75, 3.05) is 26.9 Å². The normalized spacial score (nSPS) is 11.4. The number of aromatic nitrogens is 2. The highest BCUT2D eigenvalue weighted by Crippen LogP contribution is 2.13. The molecule has 0 aliphatic rings. The maximum atomic E-state index is 5.61. The fraction of sp³-hybridized carbons (Fsp3) is 0.333. The van der Waals surface area contributed by atoms with E-state index in [2.05, 4.69) is 46.9 Å². The molecule has 31 heavy (non-hydrogen) atoms. The highest BCUT2D eigenvalue weighted by atomic mass is 16.5. The molecule has 3 aromatic rings. The summed E-state index contributed by atoms with van der Waals surface area (Å²) in [6.45, 7) is 6.01. The van der Waals surface area contributed by atoms with E-state index in [1.165, 1.54) is 11.1 Å². The Morgan fingerprint density at radius 1 is 1.00 bits per heavy atom. The topological polar surface area (TPSA) is 72.7 Å². The maximum absolute atomic E-state index is 5.61. The van der Waals surface area contributed by atoms with Crippen molar-refractivity contribution in [3.05, 3.63) is 83.7 Å². The Morgan fingerprint density at radius 2 is 1.81 bits per heavy atom. The Bertz CT molecular complexity index is 923. The van der Waals surface area contributed by atoms with Crippen LogP contribution >= 0.6 is 0 Å². The Morgan fingerprint density at radius 3 is 2.52 bits per heavy atom. The number of guanidine groups is 1. The molecule has 0 amide bonds. The smallest absolute Gasteiger partial charge is 0.191 e. The lowest BCUT2D eigenvalue weighted by Crippen LogP contribution is -2.37. The molecule has 1 aromatic heterocycles. The van der Waals surface area contributed by atoms with Crippen LogP contribution in [0.3, 0.4) is 0 Å². The minimum Gasteiger partial charge on any atom is -0.491 e. The first-order valence-corrected chi connectivity index (χ1v) is 10.6. The van der Waals surface area contributed by atoms with Crippen molar-refractivity contribution in [2.45, 2.75) is 26.6 Å². The zero-order valence-corrected chi connectivity index (χ0v) is 18.3. The van der Waals surface area contributed by atoms with Crippen LogP contribution in [-0.2, 0) is 24.4 Å². The van der Waals surface area contributed by atoms with Crippen LogP contribution in [0.1, 0.15) is 23.6 Å². The van der Waals surface area contributed by atoms with Crippen molar-refractivity contribution in [1.82, 2.24) is 20.4 Å². The van der Waals surface area contributed by atoms with E-state index < -0.39 is 0 Å². The Labute approximate surface area is 184 Å². The first-order valence-electron chi connectivity index (χ1n) is 10.6. The van der Waals surface area contributed by atoms with Gasteiger partial charge in [0.25, 0.3) is 0 Å². The Balaban J connectivity index is 1.58. The molecule has 0 spiro atoms. The van der Waals surface area contributed by atoms with Gasteiger partial charge in [0.05, 0.1) is 19.7 Å². The summed E-state index contributed by atoms with van der Waals surface area (Å²) in [7, 11) is 1.67. The first-order chi connectivity index (χ1) is 15.3. The molecule has 0 aliphatic carbocycles. The van der Waals surface area contributed by atoms with Crippen LogP contribution in [0.2, 0.25) is 0 Å². The molecule has 0 unspecified atom stereocenters. The lowest BCUT2D eigenvalue weighted by atomic mass is 10.1. The minimum absolute atomic E-state index is 0.546. The van der Waals surface area contributed by atoms with Crippen LogP contribution in [0.4, 0.5) is 0 Å². The van der Waals surface area contributed by atoms with Gasteiger partial charge in [0, 0.05) is 32.6 Å². The number of benzene rings is 2. The average molecular weight is 422 g/mol. The van der Waals surface area contributed by atoms with Crippen LogP contribution in [0.15, 0.2) is 72.0 Å². The molecule has 164 valence electrons. The number of hydrogen-bond acceptors (Lipinski definition) is 4. The molecule has 7 nitrogen and oxygen atoms in total. The highest BCUT2D eigenvalue weighted by Gasteiger charge is 2.05. The number of rotatable bonds is 11. The van der Waals surface area contributed by atoms with E-state index in [1.807, 2.05) is 41.2 Å². The predicted molar refractivity (Wildman–Crippen MR) is 123 cm³/mol. The van der Waals surface area contributed by atoms with Gasteiger partial charge in [-0.1, -0.05) is 36.4 Å². The molecule has 2 aromatic carbocycles. The van der Waals surface area contributed by atoms with E-state index >= 15 is 0 Å². The SMILES string of the molecule is CCNC(=NCc1ccc(OCCOC)cc1)NCc1ccccc1Cn1cccn1. The molecule has 0 aliphatic heterocycles. The third kappa shape index (κ3) is 7.46. The molecule has 0 bridgehead atoms. The second-order valence-electron chi connectivity index (χ2n) is 7.01. The first kappa shape index (κ1) is 22.4. The van der Waals surface area contributed by atoms with Crippen molar-refractivity contribution in [1.29, 1.82) is 0 Å². The number of hydrogen-bond donors (Lipinski definition) is 2. The van der Waals surface area contributed by atoms with Gasteiger partial charge in [0.1, 0.15) is 12.4 Å². The molecular formula is C24H31N5O2. The van der Waals surface area contributed by atoms with Crippen LogP contribution in [0, 0.1) is 0 Å². The van der Waals surface area contributed by atoms with Crippen LogP contribution in [-0.4, -0.2) is 42.6 Å². The van der Waals surface area contributed by atoms with E-state index in [0.29, 0.717) is 26.3 Å². The van der Waals surface area contributed by atoms with Gasteiger partial charge in [-0.3, -0.25) is 4.68 Å².